The van der Waals surface area contributed by atoms with Gasteiger partial charge in [0.15, 0.2) is 11.2 Å². The number of nitrogen functional groups attached to an aromatic ring is 1. The Morgan fingerprint density at radius 3 is 2.38 bits per heavy atom. The number of nitrogens with two attached hydrogens (primary N) is 1. The Bertz CT molecular complexity index is 1270. The zero-order valence-corrected chi connectivity index (χ0v) is 19.3. The molecule has 0 saturated heterocycles. The second-order valence-electron chi connectivity index (χ2n) is 8.90. The van der Waals surface area contributed by atoms with E-state index in [0.717, 1.165) is 17.6 Å². The fraction of sp³-hybridized carbons (Fsp3) is 0.296. The zero-order chi connectivity index (χ0) is 23.5. The standard InChI is InChI=1S/C27H29N5O2/c1-18-13-23(19(2)22(18)16-33-14-20-9-5-3-6-10-20)32-17-29-24-25(32)30-27(28)31-26(24)34-15-21-11-7-4-8-12-21/h3-12,17-18,22-23H,2,13-16H2,1H3,(H2,28,30,31)/t18-,22+,23-/m0/s1. The summed E-state index contributed by atoms with van der Waals surface area (Å²) in [5.41, 5.74) is 10.7. The lowest BCUT2D eigenvalue weighted by atomic mass is 9.96. The summed E-state index contributed by atoms with van der Waals surface area (Å²) in [5.74, 6) is 1.25. The van der Waals surface area contributed by atoms with Gasteiger partial charge in [-0.25, -0.2) is 4.98 Å². The highest BCUT2D eigenvalue weighted by atomic mass is 16.5. The molecule has 2 aromatic carbocycles. The van der Waals surface area contributed by atoms with Gasteiger partial charge in [-0.1, -0.05) is 74.2 Å². The summed E-state index contributed by atoms with van der Waals surface area (Å²) in [5, 5.41) is 0. The topological polar surface area (TPSA) is 88.1 Å². The molecule has 0 amide bonds. The van der Waals surface area contributed by atoms with Crippen molar-refractivity contribution in [2.24, 2.45) is 11.8 Å². The van der Waals surface area contributed by atoms with E-state index in [1.807, 2.05) is 48.5 Å². The summed E-state index contributed by atoms with van der Waals surface area (Å²) < 4.78 is 14.1. The minimum Gasteiger partial charge on any atom is -0.471 e. The minimum absolute atomic E-state index is 0.0709. The molecular weight excluding hydrogens is 426 g/mol. The summed E-state index contributed by atoms with van der Waals surface area (Å²) in [6.45, 7) is 8.31. The number of anilines is 1. The predicted molar refractivity (Wildman–Crippen MR) is 132 cm³/mol. The van der Waals surface area contributed by atoms with E-state index >= 15 is 0 Å². The molecule has 1 fully saturated rings. The van der Waals surface area contributed by atoms with Crippen LogP contribution in [0.4, 0.5) is 5.95 Å². The molecule has 0 radical (unpaired) electrons. The highest BCUT2D eigenvalue weighted by Gasteiger charge is 2.37. The third-order valence-corrected chi connectivity index (χ3v) is 6.56. The van der Waals surface area contributed by atoms with Crippen molar-refractivity contribution in [3.63, 3.8) is 0 Å². The summed E-state index contributed by atoms with van der Waals surface area (Å²) >= 11 is 0. The second kappa shape index (κ2) is 9.65. The van der Waals surface area contributed by atoms with Crippen molar-refractivity contribution in [3.8, 4) is 5.88 Å². The van der Waals surface area contributed by atoms with Gasteiger partial charge in [0.1, 0.15) is 6.61 Å². The van der Waals surface area contributed by atoms with Gasteiger partial charge >= 0.3 is 0 Å². The largest absolute Gasteiger partial charge is 0.471 e. The van der Waals surface area contributed by atoms with Crippen LogP contribution < -0.4 is 10.5 Å². The van der Waals surface area contributed by atoms with Crippen LogP contribution >= 0.6 is 0 Å². The Labute approximate surface area is 199 Å². The van der Waals surface area contributed by atoms with Crippen molar-refractivity contribution in [3.05, 3.63) is 90.3 Å². The van der Waals surface area contributed by atoms with Crippen molar-refractivity contribution in [2.45, 2.75) is 32.6 Å². The maximum absolute atomic E-state index is 6.06. The van der Waals surface area contributed by atoms with E-state index in [1.165, 1.54) is 5.56 Å². The zero-order valence-electron chi connectivity index (χ0n) is 19.3. The maximum Gasteiger partial charge on any atom is 0.247 e. The van der Waals surface area contributed by atoms with Crippen LogP contribution in [0, 0.1) is 11.8 Å². The Morgan fingerprint density at radius 1 is 1.00 bits per heavy atom. The number of hydrogen-bond donors (Lipinski definition) is 1. The molecule has 3 atom stereocenters. The molecule has 2 heterocycles. The second-order valence-corrected chi connectivity index (χ2v) is 8.90. The molecule has 174 valence electrons. The van der Waals surface area contributed by atoms with Crippen molar-refractivity contribution >= 4 is 17.1 Å². The number of nitrogens with zero attached hydrogens (tertiary/aromatic N) is 4. The van der Waals surface area contributed by atoms with Gasteiger partial charge in [-0.15, -0.1) is 0 Å². The van der Waals surface area contributed by atoms with E-state index in [9.17, 15) is 0 Å². The molecule has 1 saturated carbocycles. The molecule has 0 spiro atoms. The Morgan fingerprint density at radius 2 is 1.68 bits per heavy atom. The smallest absolute Gasteiger partial charge is 0.247 e. The number of fused-ring (bicyclic) bond motifs is 1. The van der Waals surface area contributed by atoms with Crippen LogP contribution in [0.1, 0.15) is 30.5 Å². The number of imidazole rings is 1. The average Bonchev–Trinajstić information content (AvgIpc) is 3.39. The van der Waals surface area contributed by atoms with Gasteiger partial charge in [0.2, 0.25) is 11.8 Å². The van der Waals surface area contributed by atoms with Gasteiger partial charge in [-0.05, 0) is 29.0 Å². The van der Waals surface area contributed by atoms with Crippen LogP contribution in [-0.4, -0.2) is 26.1 Å². The first kappa shape index (κ1) is 22.1. The fourth-order valence-corrected chi connectivity index (χ4v) is 4.68. The normalized spacial score (nSPS) is 20.1. The molecule has 0 unspecified atom stereocenters. The van der Waals surface area contributed by atoms with Crippen LogP contribution in [0.2, 0.25) is 0 Å². The van der Waals surface area contributed by atoms with E-state index in [2.05, 4.69) is 45.2 Å². The molecule has 4 aromatic rings. The molecule has 1 aliphatic carbocycles. The Balaban J connectivity index is 1.32. The molecule has 34 heavy (non-hydrogen) atoms. The third-order valence-electron chi connectivity index (χ3n) is 6.56. The molecule has 7 nitrogen and oxygen atoms in total. The van der Waals surface area contributed by atoms with Gasteiger partial charge in [-0.3, -0.25) is 0 Å². The molecule has 7 heteroatoms. The Hall–Kier alpha value is -3.71. The lowest BCUT2D eigenvalue weighted by molar-refractivity contribution is 0.0872. The lowest BCUT2D eigenvalue weighted by Crippen LogP contribution is -2.15. The first-order valence-electron chi connectivity index (χ1n) is 11.6. The maximum atomic E-state index is 6.06. The van der Waals surface area contributed by atoms with Crippen LogP contribution in [-0.2, 0) is 18.0 Å². The highest BCUT2D eigenvalue weighted by molar-refractivity contribution is 5.77. The monoisotopic (exact) mass is 455 g/mol. The van der Waals surface area contributed by atoms with Gasteiger partial charge in [0.05, 0.1) is 25.6 Å². The predicted octanol–water partition coefficient (Wildman–Crippen LogP) is 4.96. The van der Waals surface area contributed by atoms with Gasteiger partial charge < -0.3 is 19.8 Å². The van der Waals surface area contributed by atoms with E-state index in [-0.39, 0.29) is 17.9 Å². The van der Waals surface area contributed by atoms with Crippen molar-refractivity contribution in [1.29, 1.82) is 0 Å². The highest BCUT2D eigenvalue weighted by Crippen LogP contribution is 2.44. The Kier molecular flexibility index (Phi) is 6.27. The molecule has 5 rings (SSSR count). The van der Waals surface area contributed by atoms with E-state index < -0.39 is 0 Å². The third kappa shape index (κ3) is 4.52. The van der Waals surface area contributed by atoms with E-state index in [0.29, 0.717) is 42.8 Å². The number of ether oxygens (including phenoxy) is 2. The van der Waals surface area contributed by atoms with Crippen molar-refractivity contribution in [1.82, 2.24) is 19.5 Å². The summed E-state index contributed by atoms with van der Waals surface area (Å²) in [6.07, 6.45) is 2.73. The quantitative estimate of drug-likeness (QED) is 0.378. The minimum atomic E-state index is 0.0709. The number of rotatable bonds is 8. The first-order valence-corrected chi connectivity index (χ1v) is 11.6. The van der Waals surface area contributed by atoms with Crippen molar-refractivity contribution in [2.75, 3.05) is 12.3 Å². The van der Waals surface area contributed by atoms with Crippen molar-refractivity contribution < 1.29 is 9.47 Å². The number of aromatic nitrogens is 4. The van der Waals surface area contributed by atoms with E-state index in [1.54, 1.807) is 6.33 Å². The molecule has 2 aromatic heterocycles. The van der Waals surface area contributed by atoms with Gasteiger partial charge in [0, 0.05) is 5.92 Å². The SMILES string of the molecule is C=C1[C@H](COCc2ccccc2)[C@@H](C)C[C@@H]1n1cnc2c(OCc3ccccc3)nc(N)nc21. The lowest BCUT2D eigenvalue weighted by Gasteiger charge is -2.18. The van der Waals surface area contributed by atoms with Crippen LogP contribution in [0.15, 0.2) is 79.1 Å². The van der Waals surface area contributed by atoms with Crippen LogP contribution in [0.3, 0.4) is 0 Å². The first-order chi connectivity index (χ1) is 16.6. The summed E-state index contributed by atoms with van der Waals surface area (Å²) in [4.78, 5) is 13.4. The van der Waals surface area contributed by atoms with Gasteiger partial charge in [0.25, 0.3) is 0 Å². The molecular formula is C27H29N5O2. The molecule has 0 aliphatic heterocycles. The summed E-state index contributed by atoms with van der Waals surface area (Å²) in [7, 11) is 0. The average molecular weight is 456 g/mol. The fourth-order valence-electron chi connectivity index (χ4n) is 4.68. The molecule has 1 aliphatic rings. The number of benzene rings is 2. The molecule has 0 bridgehead atoms. The van der Waals surface area contributed by atoms with Crippen LogP contribution in [0.5, 0.6) is 5.88 Å². The summed E-state index contributed by atoms with van der Waals surface area (Å²) in [6, 6.07) is 20.2. The number of hydrogen-bond acceptors (Lipinski definition) is 6. The molecule has 2 N–H and O–H groups in total. The van der Waals surface area contributed by atoms with Gasteiger partial charge in [-0.2, -0.15) is 9.97 Å². The van der Waals surface area contributed by atoms with Crippen LogP contribution in [0.25, 0.3) is 11.2 Å². The van der Waals surface area contributed by atoms with E-state index in [4.69, 9.17) is 15.2 Å².